The molecule has 1 aromatic carbocycles. The number of pyridine rings is 1. The van der Waals surface area contributed by atoms with E-state index in [-0.39, 0.29) is 11.7 Å². The molecule has 22 heavy (non-hydrogen) atoms. The van der Waals surface area contributed by atoms with Crippen LogP contribution in [-0.2, 0) is 0 Å². The first-order valence-electron chi connectivity index (χ1n) is 6.72. The van der Waals surface area contributed by atoms with Crippen molar-refractivity contribution in [2.75, 3.05) is 5.88 Å². The zero-order chi connectivity index (χ0) is 15.7. The van der Waals surface area contributed by atoms with Crippen LogP contribution in [0, 0.1) is 18.3 Å². The molecule has 0 saturated carbocycles. The average Bonchev–Trinajstić information content (AvgIpc) is 2.86. The number of fused-ring (bicyclic) bond motifs is 1. The van der Waals surface area contributed by atoms with Gasteiger partial charge in [-0.15, -0.1) is 11.6 Å². The highest BCUT2D eigenvalue weighted by molar-refractivity contribution is 6.32. The number of nitrogens with zero attached hydrogens (tertiary/aromatic N) is 3. The summed E-state index contributed by atoms with van der Waals surface area (Å²) in [6.45, 7) is 1.89. The predicted octanol–water partition coefficient (Wildman–Crippen LogP) is 3.63. The van der Waals surface area contributed by atoms with E-state index in [1.54, 1.807) is 24.5 Å². The number of aromatic nitrogens is 2. The van der Waals surface area contributed by atoms with E-state index in [1.807, 2.05) is 29.7 Å². The molecule has 4 nitrogen and oxygen atoms in total. The van der Waals surface area contributed by atoms with Crippen LogP contribution in [0.2, 0.25) is 0 Å². The number of benzene rings is 1. The monoisotopic (exact) mass is 309 g/mol. The average molecular weight is 310 g/mol. The van der Waals surface area contributed by atoms with Crippen molar-refractivity contribution in [1.82, 2.24) is 9.55 Å². The molecule has 3 aromatic rings. The molecule has 0 aliphatic carbocycles. The summed E-state index contributed by atoms with van der Waals surface area (Å²) >= 11 is 5.74. The summed E-state index contributed by atoms with van der Waals surface area (Å²) in [5, 5.41) is 9.70. The van der Waals surface area contributed by atoms with Gasteiger partial charge in [-0.25, -0.2) is 0 Å². The summed E-state index contributed by atoms with van der Waals surface area (Å²) in [4.78, 5) is 16.3. The summed E-state index contributed by atoms with van der Waals surface area (Å²) in [6, 6.07) is 11.2. The van der Waals surface area contributed by atoms with Crippen molar-refractivity contribution in [3.63, 3.8) is 0 Å². The van der Waals surface area contributed by atoms with Crippen LogP contribution < -0.4 is 0 Å². The summed E-state index contributed by atoms with van der Waals surface area (Å²) in [7, 11) is 0. The maximum atomic E-state index is 12.2. The molecule has 0 saturated heterocycles. The Morgan fingerprint density at radius 1 is 1.32 bits per heavy atom. The summed E-state index contributed by atoms with van der Waals surface area (Å²) in [6.07, 6.45) is 3.37. The maximum absolute atomic E-state index is 12.2. The first-order chi connectivity index (χ1) is 10.7. The molecular formula is C17H12ClN3O. The highest BCUT2D eigenvalue weighted by atomic mass is 35.5. The maximum Gasteiger partial charge on any atom is 0.180 e. The van der Waals surface area contributed by atoms with E-state index in [0.717, 1.165) is 22.3 Å². The number of alkyl halides is 1. The lowest BCUT2D eigenvalue weighted by atomic mass is 10.1. The standard InChI is InChI=1S/C17H12ClN3O/c1-11-17(16(22)8-18)14-10-20-7-6-15(14)21(11)13-4-2-12(9-19)3-5-13/h2-7,10H,8H2,1H3. The van der Waals surface area contributed by atoms with Crippen molar-refractivity contribution in [1.29, 1.82) is 5.26 Å². The molecule has 0 unspecified atom stereocenters. The van der Waals surface area contributed by atoms with Crippen molar-refractivity contribution in [2.45, 2.75) is 6.92 Å². The van der Waals surface area contributed by atoms with Crippen molar-refractivity contribution in [3.8, 4) is 11.8 Å². The van der Waals surface area contributed by atoms with Gasteiger partial charge in [0.1, 0.15) is 0 Å². The van der Waals surface area contributed by atoms with Gasteiger partial charge in [0.05, 0.1) is 23.0 Å². The number of ketones is 1. The number of halogens is 1. The Labute approximate surface area is 132 Å². The van der Waals surface area contributed by atoms with Gasteiger partial charge in [0.2, 0.25) is 0 Å². The van der Waals surface area contributed by atoms with Crippen LogP contribution in [0.5, 0.6) is 0 Å². The molecule has 0 amide bonds. The van der Waals surface area contributed by atoms with Crippen LogP contribution in [0.1, 0.15) is 21.6 Å². The molecule has 0 bridgehead atoms. The van der Waals surface area contributed by atoms with Gasteiger partial charge in [-0.05, 0) is 37.3 Å². The predicted molar refractivity (Wildman–Crippen MR) is 85.6 cm³/mol. The van der Waals surface area contributed by atoms with Gasteiger partial charge in [-0.3, -0.25) is 9.78 Å². The van der Waals surface area contributed by atoms with Crippen molar-refractivity contribution >= 4 is 28.3 Å². The number of rotatable bonds is 3. The Morgan fingerprint density at radius 2 is 2.05 bits per heavy atom. The normalized spacial score (nSPS) is 10.6. The number of carbonyl (C=O) groups is 1. The van der Waals surface area contributed by atoms with E-state index in [9.17, 15) is 4.79 Å². The van der Waals surface area contributed by atoms with Gasteiger partial charge in [0, 0.05) is 34.7 Å². The molecular weight excluding hydrogens is 298 g/mol. The smallest absolute Gasteiger partial charge is 0.180 e. The van der Waals surface area contributed by atoms with Gasteiger partial charge in [-0.2, -0.15) is 5.26 Å². The minimum Gasteiger partial charge on any atom is -0.313 e. The Balaban J connectivity index is 2.32. The van der Waals surface area contributed by atoms with E-state index >= 15 is 0 Å². The highest BCUT2D eigenvalue weighted by Crippen LogP contribution is 2.29. The molecule has 5 heteroatoms. The van der Waals surface area contributed by atoms with Crippen LogP contribution in [0.4, 0.5) is 0 Å². The van der Waals surface area contributed by atoms with Crippen LogP contribution in [-0.4, -0.2) is 21.2 Å². The zero-order valence-corrected chi connectivity index (χ0v) is 12.6. The van der Waals surface area contributed by atoms with Crippen molar-refractivity contribution in [2.24, 2.45) is 0 Å². The van der Waals surface area contributed by atoms with Crippen LogP contribution in [0.25, 0.3) is 16.6 Å². The van der Waals surface area contributed by atoms with Crippen molar-refractivity contribution < 1.29 is 4.79 Å². The number of carbonyl (C=O) groups excluding carboxylic acids is 1. The van der Waals surface area contributed by atoms with E-state index in [1.165, 1.54) is 0 Å². The lowest BCUT2D eigenvalue weighted by molar-refractivity contribution is 0.102. The molecule has 3 rings (SSSR count). The van der Waals surface area contributed by atoms with Crippen LogP contribution in [0.15, 0.2) is 42.7 Å². The van der Waals surface area contributed by atoms with Gasteiger partial charge in [0.15, 0.2) is 5.78 Å². The Hall–Kier alpha value is -2.64. The Kier molecular flexibility index (Phi) is 3.66. The zero-order valence-electron chi connectivity index (χ0n) is 11.9. The van der Waals surface area contributed by atoms with Gasteiger partial charge < -0.3 is 4.57 Å². The third-order valence-corrected chi connectivity index (χ3v) is 3.90. The second-order valence-corrected chi connectivity index (χ2v) is 5.17. The Bertz CT molecular complexity index is 904. The Morgan fingerprint density at radius 3 is 2.68 bits per heavy atom. The number of nitriles is 1. The SMILES string of the molecule is Cc1c(C(=O)CCl)c2cnccc2n1-c1ccc(C#N)cc1. The summed E-state index contributed by atoms with van der Waals surface area (Å²) in [5.74, 6) is -0.188. The molecule has 0 radical (unpaired) electrons. The van der Waals surface area contributed by atoms with Gasteiger partial charge >= 0.3 is 0 Å². The summed E-state index contributed by atoms with van der Waals surface area (Å²) in [5.41, 5.74) is 3.80. The number of hydrogen-bond acceptors (Lipinski definition) is 3. The molecule has 0 aliphatic heterocycles. The molecule has 0 N–H and O–H groups in total. The molecule has 0 spiro atoms. The third-order valence-electron chi connectivity index (χ3n) is 3.66. The molecule has 2 aromatic heterocycles. The molecule has 108 valence electrons. The lowest BCUT2D eigenvalue weighted by Crippen LogP contribution is -2.04. The molecule has 0 aliphatic rings. The minimum absolute atomic E-state index is 0.0672. The number of Topliss-reactive ketones (excluding diaryl/α,β-unsaturated/α-hetero) is 1. The van der Waals surface area contributed by atoms with E-state index in [0.29, 0.717) is 11.1 Å². The molecule has 0 fully saturated rings. The van der Waals surface area contributed by atoms with Gasteiger partial charge in [0.25, 0.3) is 0 Å². The third kappa shape index (κ3) is 2.16. The fourth-order valence-corrected chi connectivity index (χ4v) is 2.83. The molecule has 2 heterocycles. The van der Waals surface area contributed by atoms with E-state index < -0.39 is 0 Å². The highest BCUT2D eigenvalue weighted by Gasteiger charge is 2.20. The topological polar surface area (TPSA) is 58.7 Å². The first kappa shape index (κ1) is 14.3. The van der Waals surface area contributed by atoms with Crippen LogP contribution >= 0.6 is 11.6 Å². The first-order valence-corrected chi connectivity index (χ1v) is 7.25. The minimum atomic E-state index is -0.121. The number of hydrogen-bond donors (Lipinski definition) is 0. The lowest BCUT2D eigenvalue weighted by Gasteiger charge is -2.08. The van der Waals surface area contributed by atoms with Gasteiger partial charge in [-0.1, -0.05) is 0 Å². The second kappa shape index (κ2) is 5.63. The fourth-order valence-electron chi connectivity index (χ4n) is 2.70. The summed E-state index contributed by atoms with van der Waals surface area (Å²) < 4.78 is 1.98. The fraction of sp³-hybridized carbons (Fsp3) is 0.118. The van der Waals surface area contributed by atoms with E-state index in [4.69, 9.17) is 16.9 Å². The van der Waals surface area contributed by atoms with E-state index in [2.05, 4.69) is 11.1 Å². The molecule has 0 atom stereocenters. The van der Waals surface area contributed by atoms with Crippen LogP contribution in [0.3, 0.4) is 0 Å². The quantitative estimate of drug-likeness (QED) is 0.548. The van der Waals surface area contributed by atoms with Crippen molar-refractivity contribution in [3.05, 3.63) is 59.5 Å². The second-order valence-electron chi connectivity index (χ2n) is 4.90. The largest absolute Gasteiger partial charge is 0.313 e.